The molecule has 1 aromatic rings. The van der Waals surface area contributed by atoms with E-state index in [2.05, 4.69) is 20.7 Å². The predicted molar refractivity (Wildman–Crippen MR) is 75.7 cm³/mol. The Hall–Kier alpha value is -2.90. The minimum atomic E-state index is -0.778. The molecule has 0 spiro atoms. The van der Waals surface area contributed by atoms with Crippen LogP contribution >= 0.6 is 0 Å². The summed E-state index contributed by atoms with van der Waals surface area (Å²) in [6, 6.07) is 5.23. The third kappa shape index (κ3) is 3.81. The Balaban J connectivity index is 2.00. The molecular formula is C14H15N3O5. The number of urea groups is 1. The molecule has 0 aromatic heterocycles. The zero-order valence-corrected chi connectivity index (χ0v) is 11.8. The summed E-state index contributed by atoms with van der Waals surface area (Å²) in [6.45, 7) is 0. The van der Waals surface area contributed by atoms with Gasteiger partial charge >= 0.3 is 12.0 Å². The summed E-state index contributed by atoms with van der Waals surface area (Å²) in [5.74, 6) is -1.25. The van der Waals surface area contributed by atoms with Crippen molar-refractivity contribution in [2.24, 2.45) is 0 Å². The number of hydrogen-bond donors (Lipinski definition) is 3. The molecule has 0 saturated carbocycles. The van der Waals surface area contributed by atoms with Crippen LogP contribution in [0, 0.1) is 0 Å². The Morgan fingerprint density at radius 2 is 2.05 bits per heavy atom. The first kappa shape index (κ1) is 15.5. The summed E-state index contributed by atoms with van der Waals surface area (Å²) in [5.41, 5.74) is 1.02. The molecule has 22 heavy (non-hydrogen) atoms. The van der Waals surface area contributed by atoms with Crippen molar-refractivity contribution < 1.29 is 23.9 Å². The third-order valence-corrected chi connectivity index (χ3v) is 3.06. The van der Waals surface area contributed by atoms with Gasteiger partial charge in [0.15, 0.2) is 0 Å². The van der Waals surface area contributed by atoms with Gasteiger partial charge in [-0.3, -0.25) is 19.7 Å². The normalized spacial score (nSPS) is 16.7. The maximum Gasteiger partial charge on any atom is 0.322 e. The molecular weight excluding hydrogens is 290 g/mol. The Bertz CT molecular complexity index is 629. The lowest BCUT2D eigenvalue weighted by Crippen LogP contribution is -2.22. The van der Waals surface area contributed by atoms with Crippen molar-refractivity contribution in [1.29, 1.82) is 0 Å². The number of anilines is 1. The van der Waals surface area contributed by atoms with Crippen molar-refractivity contribution in [1.82, 2.24) is 10.6 Å². The van der Waals surface area contributed by atoms with Crippen molar-refractivity contribution in [2.45, 2.75) is 18.9 Å². The summed E-state index contributed by atoms with van der Waals surface area (Å²) in [5, 5.41) is 7.23. The summed E-state index contributed by atoms with van der Waals surface area (Å²) >= 11 is 0. The largest absolute Gasteiger partial charge is 0.469 e. The predicted octanol–water partition coefficient (Wildman–Crippen LogP) is 0.459. The maximum absolute atomic E-state index is 11.7. The van der Waals surface area contributed by atoms with Gasteiger partial charge in [0.25, 0.3) is 5.91 Å². The van der Waals surface area contributed by atoms with E-state index in [0.717, 1.165) is 0 Å². The van der Waals surface area contributed by atoms with Gasteiger partial charge in [0.1, 0.15) is 6.04 Å². The molecule has 1 unspecified atom stereocenters. The van der Waals surface area contributed by atoms with Crippen molar-refractivity contribution in [3.63, 3.8) is 0 Å². The first-order valence-electron chi connectivity index (χ1n) is 6.57. The highest BCUT2D eigenvalue weighted by Gasteiger charge is 2.30. The van der Waals surface area contributed by atoms with Crippen LogP contribution in [0.1, 0.15) is 24.4 Å². The van der Waals surface area contributed by atoms with Crippen molar-refractivity contribution in [2.75, 3.05) is 12.4 Å². The Morgan fingerprint density at radius 3 is 2.68 bits per heavy atom. The summed E-state index contributed by atoms with van der Waals surface area (Å²) in [6.07, 6.45) is -0.0132. The maximum atomic E-state index is 11.7. The molecule has 0 bridgehead atoms. The topological polar surface area (TPSA) is 114 Å². The molecule has 1 aliphatic heterocycles. The molecule has 4 amide bonds. The number of ether oxygens (including phenoxy) is 1. The van der Waals surface area contributed by atoms with Gasteiger partial charge in [-0.05, 0) is 17.7 Å². The number of hydrogen-bond acceptors (Lipinski definition) is 5. The van der Waals surface area contributed by atoms with Crippen molar-refractivity contribution in [3.05, 3.63) is 29.8 Å². The lowest BCUT2D eigenvalue weighted by molar-refractivity contribution is -0.141. The highest BCUT2D eigenvalue weighted by molar-refractivity contribution is 6.04. The van der Waals surface area contributed by atoms with E-state index in [0.29, 0.717) is 11.3 Å². The van der Waals surface area contributed by atoms with Gasteiger partial charge in [-0.1, -0.05) is 12.1 Å². The SMILES string of the molecule is COC(=O)CCC(=O)Nc1cccc(C2NC(=O)NC2=O)c1. The first-order chi connectivity index (χ1) is 10.5. The van der Waals surface area contributed by atoms with Crippen LogP contribution in [0.5, 0.6) is 0 Å². The van der Waals surface area contributed by atoms with Crippen LogP contribution in [0.15, 0.2) is 24.3 Å². The summed E-state index contributed by atoms with van der Waals surface area (Å²) in [7, 11) is 1.25. The number of carbonyl (C=O) groups is 4. The molecule has 1 atom stereocenters. The van der Waals surface area contributed by atoms with E-state index in [4.69, 9.17) is 0 Å². The van der Waals surface area contributed by atoms with Gasteiger partial charge in [0.05, 0.1) is 13.5 Å². The standard InChI is InChI=1S/C14H15N3O5/c1-22-11(19)6-5-10(18)15-9-4-2-3-8(7-9)12-13(20)17-14(21)16-12/h2-4,7,12H,5-6H2,1H3,(H,15,18)(H2,16,17,20,21). The number of carbonyl (C=O) groups excluding carboxylic acids is 4. The second-order valence-electron chi connectivity index (χ2n) is 4.65. The molecule has 8 nitrogen and oxygen atoms in total. The van der Waals surface area contributed by atoms with Gasteiger partial charge in [-0.2, -0.15) is 0 Å². The van der Waals surface area contributed by atoms with Gasteiger partial charge in [0, 0.05) is 12.1 Å². The van der Waals surface area contributed by atoms with E-state index >= 15 is 0 Å². The van der Waals surface area contributed by atoms with Crippen LogP contribution in [-0.2, 0) is 19.1 Å². The summed E-state index contributed by atoms with van der Waals surface area (Å²) < 4.78 is 4.46. The first-order valence-corrected chi connectivity index (χ1v) is 6.57. The van der Waals surface area contributed by atoms with Crippen LogP contribution in [0.25, 0.3) is 0 Å². The fourth-order valence-electron chi connectivity index (χ4n) is 1.99. The number of amides is 4. The highest BCUT2D eigenvalue weighted by atomic mass is 16.5. The lowest BCUT2D eigenvalue weighted by atomic mass is 10.1. The van der Waals surface area contributed by atoms with E-state index in [9.17, 15) is 19.2 Å². The van der Waals surface area contributed by atoms with Gasteiger partial charge in [-0.25, -0.2) is 4.79 Å². The second-order valence-corrected chi connectivity index (χ2v) is 4.65. The molecule has 1 saturated heterocycles. The molecule has 2 rings (SSSR count). The molecule has 1 heterocycles. The molecule has 8 heteroatoms. The number of nitrogens with one attached hydrogen (secondary N) is 3. The van der Waals surface area contributed by atoms with Crippen molar-refractivity contribution >= 4 is 29.5 Å². The molecule has 1 aliphatic rings. The minimum Gasteiger partial charge on any atom is -0.469 e. The van der Waals surface area contributed by atoms with Crippen LogP contribution in [-0.4, -0.2) is 30.9 Å². The Labute approximate surface area is 126 Å². The molecule has 0 aliphatic carbocycles. The van der Waals surface area contributed by atoms with Crippen LogP contribution < -0.4 is 16.0 Å². The van der Waals surface area contributed by atoms with Crippen molar-refractivity contribution in [3.8, 4) is 0 Å². The van der Waals surface area contributed by atoms with E-state index in [1.54, 1.807) is 24.3 Å². The van der Waals surface area contributed by atoms with E-state index in [-0.39, 0.29) is 18.7 Å². The summed E-state index contributed by atoms with van der Waals surface area (Å²) in [4.78, 5) is 45.4. The number of benzene rings is 1. The third-order valence-electron chi connectivity index (χ3n) is 3.06. The van der Waals surface area contributed by atoms with E-state index in [1.165, 1.54) is 7.11 Å². The van der Waals surface area contributed by atoms with Crippen LogP contribution in [0.4, 0.5) is 10.5 Å². The van der Waals surface area contributed by atoms with Gasteiger partial charge in [-0.15, -0.1) is 0 Å². The number of rotatable bonds is 5. The fraction of sp³-hybridized carbons (Fsp3) is 0.286. The highest BCUT2D eigenvalue weighted by Crippen LogP contribution is 2.20. The number of esters is 1. The molecule has 116 valence electrons. The smallest absolute Gasteiger partial charge is 0.322 e. The van der Waals surface area contributed by atoms with Crippen LogP contribution in [0.2, 0.25) is 0 Å². The zero-order chi connectivity index (χ0) is 16.1. The minimum absolute atomic E-state index is 0.00243. The quantitative estimate of drug-likeness (QED) is 0.540. The Morgan fingerprint density at radius 1 is 1.27 bits per heavy atom. The molecule has 0 radical (unpaired) electrons. The average molecular weight is 305 g/mol. The van der Waals surface area contributed by atoms with E-state index < -0.39 is 23.9 Å². The average Bonchev–Trinajstić information content (AvgIpc) is 2.83. The monoisotopic (exact) mass is 305 g/mol. The zero-order valence-electron chi connectivity index (χ0n) is 11.8. The number of imide groups is 1. The molecule has 3 N–H and O–H groups in total. The van der Waals surface area contributed by atoms with Gasteiger partial charge in [0.2, 0.25) is 5.91 Å². The second kappa shape index (κ2) is 6.70. The fourth-order valence-corrected chi connectivity index (χ4v) is 1.99. The molecule has 1 fully saturated rings. The van der Waals surface area contributed by atoms with Gasteiger partial charge < -0.3 is 15.4 Å². The number of methoxy groups -OCH3 is 1. The van der Waals surface area contributed by atoms with E-state index in [1.807, 2.05) is 0 Å². The molecule has 1 aromatic carbocycles. The lowest BCUT2D eigenvalue weighted by Gasteiger charge is -2.10. The van der Waals surface area contributed by atoms with Crippen LogP contribution in [0.3, 0.4) is 0 Å². The Kier molecular flexibility index (Phi) is 4.72.